The molecule has 17 heavy (non-hydrogen) atoms. The highest BCUT2D eigenvalue weighted by Crippen LogP contribution is 1.94. The zero-order valence-electron chi connectivity index (χ0n) is 11.4. The highest BCUT2D eigenvalue weighted by Gasteiger charge is 2.07. The number of rotatable bonds is 11. The summed E-state index contributed by atoms with van der Waals surface area (Å²) in [5.41, 5.74) is 0. The van der Waals surface area contributed by atoms with E-state index in [0.29, 0.717) is 25.9 Å². The molecule has 4 heteroatoms. The van der Waals surface area contributed by atoms with E-state index in [4.69, 9.17) is 14.7 Å². The lowest BCUT2D eigenvalue weighted by Crippen LogP contribution is -2.34. The van der Waals surface area contributed by atoms with Gasteiger partial charge in [-0.3, -0.25) is 5.32 Å². The maximum absolute atomic E-state index is 8.88. The Morgan fingerprint density at radius 1 is 1.12 bits per heavy atom. The van der Waals surface area contributed by atoms with Crippen molar-refractivity contribution in [3.05, 3.63) is 0 Å². The Morgan fingerprint density at radius 3 is 2.29 bits per heavy atom. The second-order valence-electron chi connectivity index (χ2n) is 4.37. The molecule has 0 amide bonds. The van der Waals surface area contributed by atoms with Crippen molar-refractivity contribution in [1.29, 1.82) is 5.26 Å². The summed E-state index contributed by atoms with van der Waals surface area (Å²) in [5, 5.41) is 12.1. The van der Waals surface area contributed by atoms with Crippen LogP contribution in [0.1, 0.15) is 40.0 Å². The van der Waals surface area contributed by atoms with Gasteiger partial charge in [0.05, 0.1) is 25.3 Å². The minimum absolute atomic E-state index is 0.115. The van der Waals surface area contributed by atoms with Crippen LogP contribution in [-0.2, 0) is 9.47 Å². The molecular weight excluding hydrogens is 216 g/mol. The van der Waals surface area contributed by atoms with E-state index in [2.05, 4.69) is 18.3 Å². The fourth-order valence-corrected chi connectivity index (χ4v) is 1.36. The third kappa shape index (κ3) is 11.6. The van der Waals surface area contributed by atoms with Gasteiger partial charge in [-0.25, -0.2) is 0 Å². The second kappa shape index (κ2) is 11.8. The van der Waals surface area contributed by atoms with Gasteiger partial charge in [0.1, 0.15) is 0 Å². The highest BCUT2D eigenvalue weighted by molar-refractivity contribution is 4.90. The first-order valence-electron chi connectivity index (χ1n) is 6.51. The SMILES string of the molecule is CCCCOCCOCCC(C#N)NC(C)C. The van der Waals surface area contributed by atoms with Gasteiger partial charge in [-0.1, -0.05) is 13.3 Å². The number of hydrogen-bond donors (Lipinski definition) is 1. The maximum atomic E-state index is 8.88. The van der Waals surface area contributed by atoms with E-state index in [0.717, 1.165) is 25.9 Å². The molecule has 4 nitrogen and oxygen atoms in total. The Labute approximate surface area is 105 Å². The number of nitrogens with zero attached hydrogens (tertiary/aromatic N) is 1. The van der Waals surface area contributed by atoms with Crippen LogP contribution in [0.25, 0.3) is 0 Å². The predicted octanol–water partition coefficient (Wildman–Crippen LogP) is 2.10. The van der Waals surface area contributed by atoms with Crippen molar-refractivity contribution in [2.24, 2.45) is 0 Å². The zero-order valence-corrected chi connectivity index (χ0v) is 11.4. The summed E-state index contributed by atoms with van der Waals surface area (Å²) in [6.07, 6.45) is 2.99. The smallest absolute Gasteiger partial charge is 0.0976 e. The molecule has 100 valence electrons. The van der Waals surface area contributed by atoms with Gasteiger partial charge in [0.2, 0.25) is 0 Å². The number of hydrogen-bond acceptors (Lipinski definition) is 4. The summed E-state index contributed by atoms with van der Waals surface area (Å²) >= 11 is 0. The van der Waals surface area contributed by atoms with E-state index in [9.17, 15) is 0 Å². The predicted molar refractivity (Wildman–Crippen MR) is 68.8 cm³/mol. The van der Waals surface area contributed by atoms with E-state index in [1.165, 1.54) is 0 Å². The summed E-state index contributed by atoms with van der Waals surface area (Å²) in [7, 11) is 0. The van der Waals surface area contributed by atoms with E-state index in [1.807, 2.05) is 13.8 Å². The summed E-state index contributed by atoms with van der Waals surface area (Å²) in [6.45, 7) is 8.90. The molecule has 1 atom stereocenters. The minimum Gasteiger partial charge on any atom is -0.379 e. The summed E-state index contributed by atoms with van der Waals surface area (Å²) in [5.74, 6) is 0. The highest BCUT2D eigenvalue weighted by atomic mass is 16.5. The Hall–Kier alpha value is -0.630. The van der Waals surface area contributed by atoms with Crippen molar-refractivity contribution in [2.75, 3.05) is 26.4 Å². The van der Waals surface area contributed by atoms with Crippen molar-refractivity contribution in [3.63, 3.8) is 0 Å². The average Bonchev–Trinajstić information content (AvgIpc) is 2.30. The quantitative estimate of drug-likeness (QED) is 0.564. The van der Waals surface area contributed by atoms with Crippen molar-refractivity contribution >= 4 is 0 Å². The summed E-state index contributed by atoms with van der Waals surface area (Å²) in [4.78, 5) is 0. The lowest BCUT2D eigenvalue weighted by atomic mass is 10.2. The Morgan fingerprint density at radius 2 is 1.76 bits per heavy atom. The average molecular weight is 242 g/mol. The number of nitriles is 1. The molecule has 0 saturated heterocycles. The standard InChI is InChI=1S/C13H26N2O2/c1-4-5-7-16-9-10-17-8-6-13(11-14)15-12(2)3/h12-13,15H,4-10H2,1-3H3. The van der Waals surface area contributed by atoms with E-state index < -0.39 is 0 Å². The lowest BCUT2D eigenvalue weighted by molar-refractivity contribution is 0.0445. The van der Waals surface area contributed by atoms with E-state index >= 15 is 0 Å². The number of unbranched alkanes of at least 4 members (excludes halogenated alkanes) is 1. The van der Waals surface area contributed by atoms with Crippen LogP contribution in [0.4, 0.5) is 0 Å². The van der Waals surface area contributed by atoms with Crippen LogP contribution in [-0.4, -0.2) is 38.5 Å². The lowest BCUT2D eigenvalue weighted by Gasteiger charge is -2.14. The molecule has 0 aliphatic rings. The van der Waals surface area contributed by atoms with Crippen molar-refractivity contribution in [3.8, 4) is 6.07 Å². The molecule has 0 fully saturated rings. The number of nitrogens with one attached hydrogen (secondary N) is 1. The monoisotopic (exact) mass is 242 g/mol. The van der Waals surface area contributed by atoms with Gasteiger partial charge in [-0.15, -0.1) is 0 Å². The van der Waals surface area contributed by atoms with Gasteiger partial charge in [-0.05, 0) is 26.7 Å². The first kappa shape index (κ1) is 16.4. The van der Waals surface area contributed by atoms with Gasteiger partial charge in [0.15, 0.2) is 0 Å². The first-order chi connectivity index (χ1) is 8.20. The van der Waals surface area contributed by atoms with Crippen molar-refractivity contribution in [1.82, 2.24) is 5.32 Å². The molecular formula is C13H26N2O2. The molecule has 0 bridgehead atoms. The van der Waals surface area contributed by atoms with Gasteiger partial charge in [0, 0.05) is 19.3 Å². The molecule has 0 rings (SSSR count). The fourth-order valence-electron chi connectivity index (χ4n) is 1.36. The van der Waals surface area contributed by atoms with Crippen LogP contribution in [0, 0.1) is 11.3 Å². The van der Waals surface area contributed by atoms with Gasteiger partial charge in [0.25, 0.3) is 0 Å². The summed E-state index contributed by atoms with van der Waals surface area (Å²) in [6, 6.07) is 2.45. The fraction of sp³-hybridized carbons (Fsp3) is 0.923. The van der Waals surface area contributed by atoms with Crippen molar-refractivity contribution < 1.29 is 9.47 Å². The molecule has 0 saturated carbocycles. The van der Waals surface area contributed by atoms with Crippen LogP contribution >= 0.6 is 0 Å². The van der Waals surface area contributed by atoms with E-state index in [1.54, 1.807) is 0 Å². The first-order valence-corrected chi connectivity index (χ1v) is 6.51. The minimum atomic E-state index is -0.115. The molecule has 0 aliphatic carbocycles. The normalized spacial score (nSPS) is 12.6. The Bertz CT molecular complexity index is 202. The van der Waals surface area contributed by atoms with Gasteiger partial charge >= 0.3 is 0 Å². The second-order valence-corrected chi connectivity index (χ2v) is 4.37. The third-order valence-corrected chi connectivity index (χ3v) is 2.26. The van der Waals surface area contributed by atoms with Crippen LogP contribution in [0.5, 0.6) is 0 Å². The molecule has 0 heterocycles. The molecule has 1 N–H and O–H groups in total. The molecule has 0 spiro atoms. The molecule has 0 aromatic carbocycles. The molecule has 1 unspecified atom stereocenters. The topological polar surface area (TPSA) is 54.3 Å². The third-order valence-electron chi connectivity index (χ3n) is 2.26. The molecule has 0 aromatic heterocycles. The molecule has 0 radical (unpaired) electrons. The Balaban J connectivity index is 3.29. The van der Waals surface area contributed by atoms with Crippen LogP contribution in [0.15, 0.2) is 0 Å². The Kier molecular flexibility index (Phi) is 11.4. The van der Waals surface area contributed by atoms with Crippen LogP contribution < -0.4 is 5.32 Å². The zero-order chi connectivity index (χ0) is 12.9. The van der Waals surface area contributed by atoms with Crippen LogP contribution in [0.2, 0.25) is 0 Å². The van der Waals surface area contributed by atoms with Crippen molar-refractivity contribution in [2.45, 2.75) is 52.1 Å². The van der Waals surface area contributed by atoms with Crippen LogP contribution in [0.3, 0.4) is 0 Å². The summed E-state index contributed by atoms with van der Waals surface area (Å²) < 4.78 is 10.8. The van der Waals surface area contributed by atoms with Gasteiger partial charge < -0.3 is 9.47 Å². The molecule has 0 aliphatic heterocycles. The van der Waals surface area contributed by atoms with Gasteiger partial charge in [-0.2, -0.15) is 5.26 Å². The van der Waals surface area contributed by atoms with E-state index in [-0.39, 0.29) is 6.04 Å². The maximum Gasteiger partial charge on any atom is 0.0976 e. The molecule has 0 aromatic rings. The number of ether oxygens (including phenoxy) is 2. The largest absolute Gasteiger partial charge is 0.379 e.